The van der Waals surface area contributed by atoms with Crippen molar-refractivity contribution in [3.05, 3.63) is 11.4 Å². The number of nitrogens with one attached hydrogen (secondary N) is 7. The fraction of sp³-hybridized carbons (Fsp3) is 0.841. The van der Waals surface area contributed by atoms with E-state index in [1.807, 2.05) is 13.8 Å². The zero-order valence-corrected chi connectivity index (χ0v) is 39.7. The monoisotopic (exact) mass is 914 g/mol. The summed E-state index contributed by atoms with van der Waals surface area (Å²) < 4.78 is 34.0. The van der Waals surface area contributed by atoms with Crippen molar-refractivity contribution in [2.75, 3.05) is 99.4 Å². The largest absolute Gasteiger partial charge is 0.379 e. The minimum absolute atomic E-state index is 0.0757. The first kappa shape index (κ1) is 56.5. The van der Waals surface area contributed by atoms with E-state index in [0.717, 1.165) is 56.5 Å². The molecule has 0 spiro atoms. The molecule has 0 bridgehead atoms. The lowest BCUT2D eigenvalue weighted by molar-refractivity contribution is -0.133. The highest BCUT2D eigenvalue weighted by Gasteiger charge is 2.32. The minimum Gasteiger partial charge on any atom is -0.379 e. The molecule has 1 aliphatic heterocycles. The van der Waals surface area contributed by atoms with Crippen molar-refractivity contribution in [1.29, 1.82) is 0 Å². The predicted octanol–water partition coefficient (Wildman–Crippen LogP) is 1.54. The first-order valence-corrected chi connectivity index (χ1v) is 23.5. The molecule has 0 aromatic carbocycles. The predicted molar refractivity (Wildman–Crippen MR) is 242 cm³/mol. The van der Waals surface area contributed by atoms with Crippen LogP contribution in [0.25, 0.3) is 0 Å². The molecule has 4 atom stereocenters. The van der Waals surface area contributed by atoms with Crippen LogP contribution in [0.5, 0.6) is 0 Å². The normalized spacial score (nSPS) is 16.7. The number of unbranched alkanes of at least 4 members (excludes halogenated alkanes) is 1. The van der Waals surface area contributed by atoms with E-state index >= 15 is 0 Å². The maximum Gasteiger partial charge on any atom is 0.312 e. The van der Waals surface area contributed by atoms with Gasteiger partial charge in [-0.1, -0.05) is 47.5 Å². The van der Waals surface area contributed by atoms with E-state index < -0.39 is 30.1 Å². The number of nitrogens with zero attached hydrogens (tertiary/aromatic N) is 1. The fourth-order valence-electron chi connectivity index (χ4n) is 7.12. The zero-order valence-electron chi connectivity index (χ0n) is 39.7. The van der Waals surface area contributed by atoms with Gasteiger partial charge < -0.3 is 66.2 Å². The average molecular weight is 914 g/mol. The minimum atomic E-state index is -0.864. The third kappa shape index (κ3) is 24.1. The molecule has 0 fully saturated rings. The molecule has 0 saturated carbocycles. The lowest BCUT2D eigenvalue weighted by Gasteiger charge is -2.27. The van der Waals surface area contributed by atoms with Crippen LogP contribution in [-0.2, 0) is 47.6 Å². The van der Waals surface area contributed by atoms with E-state index in [1.165, 1.54) is 0 Å². The van der Waals surface area contributed by atoms with Gasteiger partial charge in [0.15, 0.2) is 5.78 Å². The molecule has 1 unspecified atom stereocenters. The Labute approximate surface area is 381 Å². The van der Waals surface area contributed by atoms with Gasteiger partial charge in [0.05, 0.1) is 89.5 Å². The van der Waals surface area contributed by atoms with Crippen LogP contribution in [0.15, 0.2) is 11.4 Å². The number of Topliss-reactive ketones (excluding diaryl/α,β-unsaturated/α-hetero) is 1. The van der Waals surface area contributed by atoms with Gasteiger partial charge in [0, 0.05) is 25.6 Å². The number of amides is 5. The lowest BCUT2D eigenvalue weighted by atomic mass is 9.96. The Morgan fingerprint density at radius 3 is 1.94 bits per heavy atom. The molecule has 0 saturated heterocycles. The number of hydrogen-bond donors (Lipinski definition) is 8. The van der Waals surface area contributed by atoms with Crippen LogP contribution in [0.4, 0.5) is 4.79 Å². The number of primary amides is 1. The molecule has 9 N–H and O–H groups in total. The van der Waals surface area contributed by atoms with E-state index in [-0.39, 0.29) is 48.7 Å². The second kappa shape index (κ2) is 34.7. The van der Waals surface area contributed by atoms with Crippen molar-refractivity contribution in [3.8, 4) is 0 Å². The van der Waals surface area contributed by atoms with Gasteiger partial charge >= 0.3 is 6.03 Å². The number of carbonyl (C=O) groups is 5. The Morgan fingerprint density at radius 2 is 1.34 bits per heavy atom. The average Bonchev–Trinajstić information content (AvgIpc) is 3.64. The summed E-state index contributed by atoms with van der Waals surface area (Å²) in [6, 6.07) is -2.85. The van der Waals surface area contributed by atoms with E-state index in [9.17, 15) is 24.0 Å². The summed E-state index contributed by atoms with van der Waals surface area (Å²) in [5.41, 5.74) is 13.8. The molecule has 2 rings (SSSR count). The van der Waals surface area contributed by atoms with E-state index in [1.54, 1.807) is 20.9 Å². The smallest absolute Gasteiger partial charge is 0.312 e. The van der Waals surface area contributed by atoms with Crippen LogP contribution in [-0.4, -0.2) is 158 Å². The fourth-order valence-corrected chi connectivity index (χ4v) is 7.12. The standard InChI is InChI=1S/C44H83N9O11/c1-7-21-59-23-25-61-27-29-63-30-28-62-26-24-60-22-20-53-36-16-9-8-10-17-37(40(36)51-52-53)64-31-38(54)47-18-12-11-14-35(46-6)42(56)50-39(32(2)3)43(57)49-34(41(55)33(4)5)15-13-19-48-44(45)58/h32-35,37,39,46,51-52H,7-31H2,1-6H3,(H,47,54)(H,49,57)(H,50,56)(H3,45,48,58)/t34-,35+,37?,39-/m0/s1. The third-order valence-corrected chi connectivity index (χ3v) is 10.7. The highest BCUT2D eigenvalue weighted by Crippen LogP contribution is 2.28. The Bertz CT molecular complexity index is 1370. The molecule has 5 amide bonds. The molecular formula is C44H83N9O11. The maximum absolute atomic E-state index is 13.4. The molecule has 0 aromatic rings. The molecule has 0 radical (unpaired) electrons. The molecule has 0 aromatic heterocycles. The summed E-state index contributed by atoms with van der Waals surface area (Å²) >= 11 is 0. The number of carbonyl (C=O) groups excluding carboxylic acids is 5. The van der Waals surface area contributed by atoms with Gasteiger partial charge in [0.25, 0.3) is 0 Å². The van der Waals surface area contributed by atoms with Gasteiger partial charge in [-0.05, 0) is 70.8 Å². The molecule has 20 nitrogen and oxygen atoms in total. The van der Waals surface area contributed by atoms with Gasteiger partial charge in [-0.2, -0.15) is 0 Å². The quantitative estimate of drug-likeness (QED) is 0.0412. The number of nitrogens with two attached hydrogens (primary N) is 1. The Balaban J connectivity index is 1.69. The molecule has 64 heavy (non-hydrogen) atoms. The van der Waals surface area contributed by atoms with Crippen LogP contribution >= 0.6 is 0 Å². The second-order valence-electron chi connectivity index (χ2n) is 16.7. The topological polar surface area (TPSA) is 254 Å². The summed E-state index contributed by atoms with van der Waals surface area (Å²) in [7, 11) is 1.69. The summed E-state index contributed by atoms with van der Waals surface area (Å²) in [6.45, 7) is 16.0. The number of likely N-dealkylation sites (N-methyl/N-ethyl adjacent to an activating group) is 1. The van der Waals surface area contributed by atoms with Crippen molar-refractivity contribution < 1.29 is 52.4 Å². The van der Waals surface area contributed by atoms with Crippen molar-refractivity contribution in [3.63, 3.8) is 0 Å². The molecule has 1 heterocycles. The van der Waals surface area contributed by atoms with Crippen LogP contribution in [0.2, 0.25) is 0 Å². The van der Waals surface area contributed by atoms with Crippen molar-refractivity contribution in [2.45, 2.75) is 129 Å². The van der Waals surface area contributed by atoms with Crippen LogP contribution in [0.1, 0.15) is 105 Å². The second-order valence-corrected chi connectivity index (χ2v) is 16.7. The molecule has 370 valence electrons. The van der Waals surface area contributed by atoms with Crippen LogP contribution in [0, 0.1) is 11.8 Å². The van der Waals surface area contributed by atoms with Gasteiger partial charge in [0.2, 0.25) is 17.7 Å². The maximum atomic E-state index is 13.4. The van der Waals surface area contributed by atoms with Crippen molar-refractivity contribution >= 4 is 29.5 Å². The van der Waals surface area contributed by atoms with Crippen molar-refractivity contribution in [1.82, 2.24) is 42.6 Å². The molecular weight excluding hydrogens is 831 g/mol. The Hall–Kier alpha value is -3.63. The SMILES string of the molecule is CCCOCCOCCOCCOCCOCCN1NNC2=C1CCCCCC2OCC(=O)NCCCC[C@@H](NC)C(=O)N[C@H](C(=O)N[C@@H](CCCNC(N)=O)C(=O)C(C)C)C(C)C. The summed E-state index contributed by atoms with van der Waals surface area (Å²) in [6.07, 6.45) is 8.10. The summed E-state index contributed by atoms with van der Waals surface area (Å²) in [5, 5.41) is 16.2. The molecule has 1 aliphatic carbocycles. The van der Waals surface area contributed by atoms with E-state index in [0.29, 0.717) is 105 Å². The van der Waals surface area contributed by atoms with Crippen molar-refractivity contribution in [2.24, 2.45) is 17.6 Å². The number of rotatable bonds is 37. The third-order valence-electron chi connectivity index (χ3n) is 10.7. The summed E-state index contributed by atoms with van der Waals surface area (Å²) in [4.78, 5) is 63.5. The summed E-state index contributed by atoms with van der Waals surface area (Å²) in [5.74, 6) is -1.68. The molecule has 20 heteroatoms. The first-order chi connectivity index (χ1) is 30.9. The number of allylic oxidation sites excluding steroid dienone is 1. The lowest BCUT2D eigenvalue weighted by Crippen LogP contribution is -2.57. The Kier molecular flexibility index (Phi) is 30.6. The van der Waals surface area contributed by atoms with E-state index in [2.05, 4.69) is 49.5 Å². The zero-order chi connectivity index (χ0) is 47.0. The first-order valence-electron chi connectivity index (χ1n) is 23.5. The highest BCUT2D eigenvalue weighted by atomic mass is 16.6. The van der Waals surface area contributed by atoms with Gasteiger partial charge in [0.1, 0.15) is 18.8 Å². The van der Waals surface area contributed by atoms with Gasteiger partial charge in [-0.25, -0.2) is 4.79 Å². The highest BCUT2D eigenvalue weighted by molar-refractivity contribution is 5.94. The number of hydrazine groups is 2. The Morgan fingerprint density at radius 1 is 0.734 bits per heavy atom. The number of hydrogen-bond acceptors (Lipinski definition) is 15. The van der Waals surface area contributed by atoms with E-state index in [4.69, 9.17) is 34.2 Å². The number of ketones is 1. The number of urea groups is 1. The number of ether oxygens (including phenoxy) is 6. The van der Waals surface area contributed by atoms with Crippen LogP contribution < -0.4 is 43.3 Å². The van der Waals surface area contributed by atoms with Gasteiger partial charge in [-0.3, -0.25) is 24.2 Å². The van der Waals surface area contributed by atoms with Crippen LogP contribution in [0.3, 0.4) is 0 Å². The molecule has 2 aliphatic rings. The van der Waals surface area contributed by atoms with Gasteiger partial charge in [-0.15, -0.1) is 5.53 Å².